The number of rotatable bonds is 7. The quantitative estimate of drug-likeness (QED) is 0.683. The minimum Gasteiger partial charge on any atom is -0.371 e. The fourth-order valence-corrected chi connectivity index (χ4v) is 3.89. The van der Waals surface area contributed by atoms with Crippen molar-refractivity contribution in [1.82, 2.24) is 10.6 Å². The Balaban J connectivity index is 1.46. The lowest BCUT2D eigenvalue weighted by atomic mass is 9.98. The van der Waals surface area contributed by atoms with E-state index in [2.05, 4.69) is 40.7 Å². The molecule has 0 unspecified atom stereocenters. The Labute approximate surface area is 177 Å². The fourth-order valence-electron chi connectivity index (χ4n) is 3.68. The van der Waals surface area contributed by atoms with E-state index < -0.39 is 11.8 Å². The summed E-state index contributed by atoms with van der Waals surface area (Å²) in [5.74, 6) is -1.27. The molecule has 0 aliphatic carbocycles. The predicted molar refractivity (Wildman–Crippen MR) is 117 cm³/mol. The Hall–Kier alpha value is -2.53. The van der Waals surface area contributed by atoms with Crippen molar-refractivity contribution in [3.05, 3.63) is 64.2 Å². The zero-order valence-corrected chi connectivity index (χ0v) is 17.6. The van der Waals surface area contributed by atoms with Gasteiger partial charge in [-0.25, -0.2) is 0 Å². The average Bonchev–Trinajstić information content (AvgIpc) is 2.73. The summed E-state index contributed by atoms with van der Waals surface area (Å²) in [6.45, 7) is 5.07. The smallest absolute Gasteiger partial charge is 0.309 e. The molecule has 0 spiro atoms. The zero-order valence-electron chi connectivity index (χ0n) is 16.8. The summed E-state index contributed by atoms with van der Waals surface area (Å²) in [6.07, 6.45) is 4.12. The molecular formula is C23H28ClN3O2. The van der Waals surface area contributed by atoms with Gasteiger partial charge in [-0.1, -0.05) is 48.9 Å². The third kappa shape index (κ3) is 5.73. The van der Waals surface area contributed by atoms with Crippen LogP contribution in [0.5, 0.6) is 0 Å². The van der Waals surface area contributed by atoms with Crippen LogP contribution in [0.2, 0.25) is 5.02 Å². The van der Waals surface area contributed by atoms with Crippen molar-refractivity contribution in [2.75, 3.05) is 24.5 Å². The minimum atomic E-state index is -0.648. The van der Waals surface area contributed by atoms with Crippen LogP contribution in [-0.2, 0) is 29.0 Å². The van der Waals surface area contributed by atoms with Crippen molar-refractivity contribution in [1.29, 1.82) is 0 Å². The van der Waals surface area contributed by atoms with Gasteiger partial charge < -0.3 is 15.5 Å². The van der Waals surface area contributed by atoms with Gasteiger partial charge in [0.05, 0.1) is 0 Å². The molecular weight excluding hydrogens is 386 g/mol. The summed E-state index contributed by atoms with van der Waals surface area (Å²) in [5, 5.41) is 5.87. The molecule has 0 atom stereocenters. The van der Waals surface area contributed by atoms with E-state index in [9.17, 15) is 9.59 Å². The van der Waals surface area contributed by atoms with Crippen LogP contribution in [0.1, 0.15) is 36.5 Å². The van der Waals surface area contributed by atoms with Gasteiger partial charge in [0.25, 0.3) is 0 Å². The topological polar surface area (TPSA) is 61.4 Å². The van der Waals surface area contributed by atoms with Crippen molar-refractivity contribution >= 4 is 29.1 Å². The summed E-state index contributed by atoms with van der Waals surface area (Å²) < 4.78 is 0. The molecule has 5 nitrogen and oxygen atoms in total. The second-order valence-electron chi connectivity index (χ2n) is 7.33. The van der Waals surface area contributed by atoms with Crippen molar-refractivity contribution in [3.63, 3.8) is 0 Å². The number of nitrogens with zero attached hydrogens (tertiary/aromatic N) is 1. The van der Waals surface area contributed by atoms with Crippen LogP contribution < -0.4 is 15.5 Å². The molecule has 2 N–H and O–H groups in total. The van der Waals surface area contributed by atoms with Crippen LogP contribution in [0.15, 0.2) is 42.5 Å². The van der Waals surface area contributed by atoms with Crippen molar-refractivity contribution in [3.8, 4) is 0 Å². The molecule has 3 rings (SSSR count). The number of hydrogen-bond donors (Lipinski definition) is 2. The lowest BCUT2D eigenvalue weighted by molar-refractivity contribution is -0.139. The van der Waals surface area contributed by atoms with Crippen molar-refractivity contribution in [2.24, 2.45) is 0 Å². The summed E-state index contributed by atoms with van der Waals surface area (Å²) in [5.41, 5.74) is 4.68. The maximum Gasteiger partial charge on any atom is 0.309 e. The molecule has 2 aromatic rings. The standard InChI is InChI=1S/C23H28ClN3O2/c1-2-13-27-14-5-7-18-15-17(9-10-21(18)27)11-12-25-22(28)23(29)26-16-19-6-3-4-8-20(19)24/h3-4,6,8-10,15H,2,5,7,11-14,16H2,1H3,(H,25,28)(H,26,29). The number of carbonyl (C=O) groups is 2. The van der Waals surface area contributed by atoms with Gasteiger partial charge in [-0.3, -0.25) is 9.59 Å². The monoisotopic (exact) mass is 413 g/mol. The second-order valence-corrected chi connectivity index (χ2v) is 7.74. The maximum atomic E-state index is 12.0. The Bertz CT molecular complexity index is 869. The molecule has 2 amide bonds. The van der Waals surface area contributed by atoms with Crippen LogP contribution in [0.25, 0.3) is 0 Å². The molecule has 0 saturated carbocycles. The van der Waals surface area contributed by atoms with Gasteiger partial charge in [0, 0.05) is 36.9 Å². The van der Waals surface area contributed by atoms with E-state index in [0.29, 0.717) is 18.0 Å². The van der Waals surface area contributed by atoms with Crippen LogP contribution in [0.3, 0.4) is 0 Å². The molecule has 0 aromatic heterocycles. The van der Waals surface area contributed by atoms with Gasteiger partial charge in [0.1, 0.15) is 0 Å². The first-order valence-electron chi connectivity index (χ1n) is 10.2. The first-order chi connectivity index (χ1) is 14.1. The number of amides is 2. The van der Waals surface area contributed by atoms with Gasteiger partial charge in [-0.2, -0.15) is 0 Å². The molecule has 6 heteroatoms. The molecule has 1 aliphatic heterocycles. The highest BCUT2D eigenvalue weighted by molar-refractivity contribution is 6.35. The molecule has 1 aliphatic rings. The van der Waals surface area contributed by atoms with Gasteiger partial charge in [-0.15, -0.1) is 0 Å². The van der Waals surface area contributed by atoms with E-state index in [-0.39, 0.29) is 6.54 Å². The number of hydrogen-bond acceptors (Lipinski definition) is 3. The number of halogens is 1. The van der Waals surface area contributed by atoms with E-state index in [1.807, 2.05) is 18.2 Å². The summed E-state index contributed by atoms with van der Waals surface area (Å²) >= 11 is 6.06. The van der Waals surface area contributed by atoms with Crippen LogP contribution in [0, 0.1) is 0 Å². The van der Waals surface area contributed by atoms with Gasteiger partial charge in [0.15, 0.2) is 0 Å². The van der Waals surface area contributed by atoms with Crippen molar-refractivity contribution in [2.45, 2.75) is 39.2 Å². The van der Waals surface area contributed by atoms with Gasteiger partial charge in [0.2, 0.25) is 0 Å². The lowest BCUT2D eigenvalue weighted by Gasteiger charge is -2.31. The van der Waals surface area contributed by atoms with E-state index in [1.54, 1.807) is 6.07 Å². The number of carbonyl (C=O) groups excluding carboxylic acids is 2. The summed E-state index contributed by atoms with van der Waals surface area (Å²) in [4.78, 5) is 26.5. The zero-order chi connectivity index (χ0) is 20.6. The lowest BCUT2D eigenvalue weighted by Crippen LogP contribution is -2.40. The first-order valence-corrected chi connectivity index (χ1v) is 10.6. The van der Waals surface area contributed by atoms with E-state index >= 15 is 0 Å². The van der Waals surface area contributed by atoms with Gasteiger partial charge >= 0.3 is 11.8 Å². The van der Waals surface area contributed by atoms with Crippen LogP contribution >= 0.6 is 11.6 Å². The molecule has 0 bridgehead atoms. The van der Waals surface area contributed by atoms with Gasteiger partial charge in [-0.05, 0) is 54.5 Å². The molecule has 0 fully saturated rings. The van der Waals surface area contributed by atoms with Crippen LogP contribution in [-0.4, -0.2) is 31.4 Å². The Kier molecular flexibility index (Phi) is 7.53. The Morgan fingerprint density at radius 1 is 1.10 bits per heavy atom. The first kappa shape index (κ1) is 21.2. The highest BCUT2D eigenvalue weighted by Crippen LogP contribution is 2.28. The molecule has 0 saturated heterocycles. The third-order valence-electron chi connectivity index (χ3n) is 5.15. The molecule has 2 aromatic carbocycles. The largest absolute Gasteiger partial charge is 0.371 e. The fraction of sp³-hybridized carbons (Fsp3) is 0.391. The van der Waals surface area contributed by atoms with Crippen LogP contribution in [0.4, 0.5) is 5.69 Å². The number of anilines is 1. The van der Waals surface area contributed by atoms with E-state index in [0.717, 1.165) is 31.5 Å². The SMILES string of the molecule is CCCN1CCCc2cc(CCNC(=O)C(=O)NCc3ccccc3Cl)ccc21. The summed E-state index contributed by atoms with van der Waals surface area (Å²) in [6, 6.07) is 13.8. The van der Waals surface area contributed by atoms with E-state index in [4.69, 9.17) is 11.6 Å². The Morgan fingerprint density at radius 3 is 2.69 bits per heavy atom. The minimum absolute atomic E-state index is 0.227. The average molecular weight is 414 g/mol. The molecule has 1 heterocycles. The Morgan fingerprint density at radius 2 is 1.90 bits per heavy atom. The number of fused-ring (bicyclic) bond motifs is 1. The number of benzene rings is 2. The second kappa shape index (κ2) is 10.3. The number of aryl methyl sites for hydroxylation is 1. The van der Waals surface area contributed by atoms with E-state index in [1.165, 1.54) is 23.2 Å². The normalized spacial score (nSPS) is 13.0. The summed E-state index contributed by atoms with van der Waals surface area (Å²) in [7, 11) is 0. The predicted octanol–water partition coefficient (Wildman–Crippen LogP) is 3.48. The third-order valence-corrected chi connectivity index (χ3v) is 5.52. The number of nitrogens with one attached hydrogen (secondary N) is 2. The molecule has 29 heavy (non-hydrogen) atoms. The maximum absolute atomic E-state index is 12.0. The molecule has 154 valence electrons. The highest BCUT2D eigenvalue weighted by atomic mass is 35.5. The highest BCUT2D eigenvalue weighted by Gasteiger charge is 2.17. The molecule has 0 radical (unpaired) electrons. The van der Waals surface area contributed by atoms with Crippen molar-refractivity contribution < 1.29 is 9.59 Å².